The van der Waals surface area contributed by atoms with Gasteiger partial charge in [-0.3, -0.25) is 14.5 Å². The first-order chi connectivity index (χ1) is 22.2. The third-order valence-corrected chi connectivity index (χ3v) is 9.44. The SMILES string of the molecule is CCCCN(C)c1ccc(-c2cc(C(=O)NCc3c(S)cc(C)[nH]c3=O)c(C)c3c2OC(C)(C2CCN(CC(F)(F)F)CC2)O3)cn1. The number of aromatic amines is 1. The summed E-state index contributed by atoms with van der Waals surface area (Å²) in [5.41, 5.74) is 2.87. The molecule has 1 atom stereocenters. The molecule has 2 aromatic heterocycles. The Hall–Kier alpha value is -3.71. The Bertz CT molecular complexity index is 1670. The van der Waals surface area contributed by atoms with Crippen LogP contribution in [0.25, 0.3) is 11.1 Å². The van der Waals surface area contributed by atoms with Gasteiger partial charge < -0.3 is 24.7 Å². The molecule has 13 heteroatoms. The third-order valence-electron chi connectivity index (χ3n) is 9.04. The summed E-state index contributed by atoms with van der Waals surface area (Å²) < 4.78 is 52.2. The summed E-state index contributed by atoms with van der Waals surface area (Å²) in [5.74, 6) is -0.0757. The first-order valence-corrected chi connectivity index (χ1v) is 16.4. The smallest absolute Gasteiger partial charge is 0.401 e. The van der Waals surface area contributed by atoms with Crippen LogP contribution >= 0.6 is 12.6 Å². The molecular formula is C34H42F3N5O4S. The Labute approximate surface area is 278 Å². The van der Waals surface area contributed by atoms with Crippen LogP contribution < -0.4 is 25.2 Å². The van der Waals surface area contributed by atoms with Crippen molar-refractivity contribution in [1.29, 1.82) is 0 Å². The number of H-pyrrole nitrogens is 1. The minimum absolute atomic E-state index is 0.0366. The highest BCUT2D eigenvalue weighted by molar-refractivity contribution is 7.80. The molecule has 1 amide bonds. The number of carbonyl (C=O) groups excluding carboxylic acids is 1. The maximum Gasteiger partial charge on any atom is 0.401 e. The van der Waals surface area contributed by atoms with Gasteiger partial charge in [-0.2, -0.15) is 13.2 Å². The summed E-state index contributed by atoms with van der Waals surface area (Å²) in [6.45, 7) is 7.88. The number of carbonyl (C=O) groups is 1. The Morgan fingerprint density at radius 2 is 1.89 bits per heavy atom. The molecule has 0 aliphatic carbocycles. The molecule has 47 heavy (non-hydrogen) atoms. The van der Waals surface area contributed by atoms with Gasteiger partial charge in [0.25, 0.3) is 17.3 Å². The molecule has 2 N–H and O–H groups in total. The Kier molecular flexibility index (Phi) is 10.2. The van der Waals surface area contributed by atoms with Gasteiger partial charge in [-0.05, 0) is 70.5 Å². The Morgan fingerprint density at radius 1 is 1.19 bits per heavy atom. The van der Waals surface area contributed by atoms with Gasteiger partial charge in [0.05, 0.1) is 6.54 Å². The summed E-state index contributed by atoms with van der Waals surface area (Å²) in [7, 11) is 1.99. The van der Waals surface area contributed by atoms with Crippen LogP contribution in [0, 0.1) is 19.8 Å². The van der Waals surface area contributed by atoms with Crippen LogP contribution in [0.1, 0.15) is 66.7 Å². The van der Waals surface area contributed by atoms with E-state index in [1.807, 2.05) is 26.1 Å². The number of halogens is 3. The molecule has 3 aromatic rings. The number of thiol groups is 1. The van der Waals surface area contributed by atoms with E-state index in [-0.39, 0.29) is 31.1 Å². The molecular weight excluding hydrogens is 631 g/mol. The van der Waals surface area contributed by atoms with Crippen LogP contribution in [0.5, 0.6) is 11.5 Å². The number of nitrogens with one attached hydrogen (secondary N) is 2. The number of likely N-dealkylation sites (tertiary alicyclic amines) is 1. The lowest BCUT2D eigenvalue weighted by Gasteiger charge is -2.39. The van der Waals surface area contributed by atoms with E-state index in [2.05, 4.69) is 39.7 Å². The average molecular weight is 674 g/mol. The largest absolute Gasteiger partial charge is 0.448 e. The number of hydrogen-bond acceptors (Lipinski definition) is 8. The molecule has 1 fully saturated rings. The van der Waals surface area contributed by atoms with Gasteiger partial charge in [-0.25, -0.2) is 4.98 Å². The van der Waals surface area contributed by atoms with Crippen molar-refractivity contribution in [1.82, 2.24) is 20.2 Å². The van der Waals surface area contributed by atoms with Crippen molar-refractivity contribution in [3.05, 3.63) is 63.2 Å². The summed E-state index contributed by atoms with van der Waals surface area (Å²) in [4.78, 5) is 37.6. The van der Waals surface area contributed by atoms with Crippen molar-refractivity contribution >= 4 is 24.4 Å². The molecule has 1 aromatic carbocycles. The number of alkyl halides is 3. The fourth-order valence-electron chi connectivity index (χ4n) is 6.28. The number of anilines is 1. The third kappa shape index (κ3) is 7.72. The molecule has 5 rings (SSSR count). The maximum absolute atomic E-state index is 13.7. The second-order valence-corrected chi connectivity index (χ2v) is 13.1. The molecule has 2 aliphatic rings. The number of unbranched alkanes of at least 4 members (excludes halogenated alkanes) is 1. The zero-order valence-electron chi connectivity index (χ0n) is 27.4. The highest BCUT2D eigenvalue weighted by atomic mass is 32.1. The fraction of sp³-hybridized carbons (Fsp3) is 0.500. The second kappa shape index (κ2) is 13.8. The molecule has 0 bridgehead atoms. The van der Waals surface area contributed by atoms with Crippen LogP contribution in [-0.4, -0.2) is 66.0 Å². The van der Waals surface area contributed by atoms with Gasteiger partial charge in [0.15, 0.2) is 11.5 Å². The minimum atomic E-state index is -4.26. The predicted octanol–water partition coefficient (Wildman–Crippen LogP) is 6.27. The van der Waals surface area contributed by atoms with Crippen molar-refractivity contribution in [3.63, 3.8) is 0 Å². The minimum Gasteiger partial charge on any atom is -0.448 e. The molecule has 254 valence electrons. The number of aryl methyl sites for hydroxylation is 1. The van der Waals surface area contributed by atoms with Crippen molar-refractivity contribution in [2.24, 2.45) is 5.92 Å². The van der Waals surface area contributed by atoms with E-state index in [4.69, 9.17) is 9.47 Å². The van der Waals surface area contributed by atoms with Crippen LogP contribution in [0.4, 0.5) is 19.0 Å². The quantitative estimate of drug-likeness (QED) is 0.218. The molecule has 1 unspecified atom stereocenters. The molecule has 9 nitrogen and oxygen atoms in total. The monoisotopic (exact) mass is 673 g/mol. The van der Waals surface area contributed by atoms with E-state index in [1.165, 1.54) is 4.90 Å². The number of hydrogen-bond donors (Lipinski definition) is 3. The molecule has 0 saturated carbocycles. The molecule has 0 spiro atoms. The Balaban J connectivity index is 1.46. The predicted molar refractivity (Wildman–Crippen MR) is 178 cm³/mol. The van der Waals surface area contributed by atoms with Gasteiger partial charge in [-0.15, -0.1) is 12.6 Å². The number of pyridine rings is 2. The molecule has 1 saturated heterocycles. The summed E-state index contributed by atoms with van der Waals surface area (Å²) in [6.07, 6.45) is 0.490. The number of amides is 1. The summed E-state index contributed by atoms with van der Waals surface area (Å²) in [5, 5.41) is 2.85. The second-order valence-electron chi connectivity index (χ2n) is 12.6. The fourth-order valence-corrected chi connectivity index (χ4v) is 6.66. The van der Waals surface area contributed by atoms with E-state index in [1.54, 1.807) is 32.2 Å². The number of aromatic nitrogens is 2. The topological polar surface area (TPSA) is 99.8 Å². The zero-order chi connectivity index (χ0) is 34.1. The number of benzene rings is 1. The Morgan fingerprint density at radius 3 is 2.51 bits per heavy atom. The lowest BCUT2D eigenvalue weighted by atomic mass is 9.89. The number of rotatable bonds is 10. The van der Waals surface area contributed by atoms with Gasteiger partial charge in [0, 0.05) is 77.6 Å². The van der Waals surface area contributed by atoms with Crippen LogP contribution in [0.2, 0.25) is 0 Å². The standard InChI is InChI=1S/C34H42F3N5O4S/c1-6-7-12-41(5)28-9-8-22(17-38-28)25-16-24(31(43)39-18-26-27(47)15-20(2)40-32(26)44)21(3)29-30(25)46-33(4,45-29)23-10-13-42(14-11-23)19-34(35,36)37/h8-9,15-17,23H,6-7,10-14,18-19H2,1-5H3,(H,39,43)(H2,40,44,47). The normalized spacial score (nSPS) is 18.4. The highest BCUT2D eigenvalue weighted by Crippen LogP contribution is 2.52. The first kappa shape index (κ1) is 34.6. The van der Waals surface area contributed by atoms with Gasteiger partial charge in [0.1, 0.15) is 5.82 Å². The van der Waals surface area contributed by atoms with Crippen molar-refractivity contribution in [2.45, 2.75) is 76.8 Å². The number of ether oxygens (including phenoxy) is 2. The first-order valence-electron chi connectivity index (χ1n) is 15.9. The lowest BCUT2D eigenvalue weighted by Crippen LogP contribution is -2.49. The van der Waals surface area contributed by atoms with E-state index in [0.29, 0.717) is 62.7 Å². The summed E-state index contributed by atoms with van der Waals surface area (Å²) >= 11 is 4.42. The van der Waals surface area contributed by atoms with Gasteiger partial charge in [0.2, 0.25) is 0 Å². The van der Waals surface area contributed by atoms with Crippen LogP contribution in [0.3, 0.4) is 0 Å². The van der Waals surface area contributed by atoms with E-state index >= 15 is 0 Å². The van der Waals surface area contributed by atoms with Crippen molar-refractivity contribution in [3.8, 4) is 22.6 Å². The lowest BCUT2D eigenvalue weighted by molar-refractivity contribution is -0.159. The number of piperidine rings is 1. The maximum atomic E-state index is 13.7. The molecule has 4 heterocycles. The molecule has 0 radical (unpaired) electrons. The van der Waals surface area contributed by atoms with Crippen LogP contribution in [0.15, 0.2) is 40.2 Å². The van der Waals surface area contributed by atoms with E-state index < -0.39 is 24.4 Å². The average Bonchev–Trinajstić information content (AvgIpc) is 3.38. The molecule has 2 aliphatic heterocycles. The zero-order valence-corrected chi connectivity index (χ0v) is 28.3. The number of nitrogens with zero attached hydrogens (tertiary/aromatic N) is 3. The number of fused-ring (bicyclic) bond motifs is 1. The van der Waals surface area contributed by atoms with E-state index in [0.717, 1.165) is 25.2 Å². The van der Waals surface area contributed by atoms with Crippen molar-refractivity contribution < 1.29 is 27.4 Å². The highest BCUT2D eigenvalue weighted by Gasteiger charge is 2.48. The van der Waals surface area contributed by atoms with Crippen molar-refractivity contribution in [2.75, 3.05) is 38.1 Å². The van der Waals surface area contributed by atoms with Crippen LogP contribution in [-0.2, 0) is 6.54 Å². The van der Waals surface area contributed by atoms with Gasteiger partial charge in [-0.1, -0.05) is 13.3 Å². The van der Waals surface area contributed by atoms with E-state index in [9.17, 15) is 22.8 Å². The van der Waals surface area contributed by atoms with Gasteiger partial charge >= 0.3 is 6.18 Å². The summed E-state index contributed by atoms with van der Waals surface area (Å²) in [6, 6.07) is 7.30.